The number of sulfonamides is 1. The summed E-state index contributed by atoms with van der Waals surface area (Å²) in [5, 5.41) is 3.32. The highest BCUT2D eigenvalue weighted by molar-refractivity contribution is 7.92. The second kappa shape index (κ2) is 6.45. The molecular weight excluding hydrogens is 348 g/mol. The van der Waals surface area contributed by atoms with Crippen molar-refractivity contribution in [3.8, 4) is 0 Å². The first-order valence-electron chi connectivity index (χ1n) is 7.52. The summed E-state index contributed by atoms with van der Waals surface area (Å²) < 4.78 is 25.2. The molecule has 126 valence electrons. The zero-order valence-corrected chi connectivity index (χ0v) is 14.7. The maximum Gasteiger partial charge on any atom is 0.255 e. The van der Waals surface area contributed by atoms with Crippen molar-refractivity contribution in [2.75, 3.05) is 22.4 Å². The molecule has 5 nitrogen and oxygen atoms in total. The maximum atomic E-state index is 12.3. The highest BCUT2D eigenvalue weighted by atomic mass is 35.5. The van der Waals surface area contributed by atoms with Crippen LogP contribution in [0, 0.1) is 0 Å². The van der Waals surface area contributed by atoms with Crippen molar-refractivity contribution in [2.24, 2.45) is 0 Å². The number of benzene rings is 2. The summed E-state index contributed by atoms with van der Waals surface area (Å²) in [6.45, 7) is 0.486. The highest BCUT2D eigenvalue weighted by Crippen LogP contribution is 2.31. The Balaban J connectivity index is 1.85. The summed E-state index contributed by atoms with van der Waals surface area (Å²) in [6.07, 6.45) is 2.74. The van der Waals surface area contributed by atoms with Crippen LogP contribution < -0.4 is 9.62 Å². The normalized spacial score (nSPS) is 14.2. The van der Waals surface area contributed by atoms with Crippen molar-refractivity contribution in [1.29, 1.82) is 0 Å². The molecule has 7 heteroatoms. The molecule has 2 aromatic rings. The number of nitrogens with one attached hydrogen (secondary N) is 1. The van der Waals surface area contributed by atoms with Crippen LogP contribution in [0.25, 0.3) is 0 Å². The number of carbonyl (C=O) groups excluding carboxylic acids is 1. The van der Waals surface area contributed by atoms with Crippen LogP contribution in [0.2, 0.25) is 5.02 Å². The topological polar surface area (TPSA) is 66.5 Å². The van der Waals surface area contributed by atoms with Crippen molar-refractivity contribution in [3.63, 3.8) is 0 Å². The number of carbonyl (C=O) groups is 1. The van der Waals surface area contributed by atoms with E-state index in [4.69, 9.17) is 11.6 Å². The number of nitrogens with zero attached hydrogens (tertiary/aromatic N) is 1. The minimum absolute atomic E-state index is 0.256. The van der Waals surface area contributed by atoms with Gasteiger partial charge in [0.2, 0.25) is 10.0 Å². The summed E-state index contributed by atoms with van der Waals surface area (Å²) in [5.41, 5.74) is 2.70. The summed E-state index contributed by atoms with van der Waals surface area (Å²) >= 11 is 5.90. The Kier molecular flexibility index (Phi) is 4.51. The van der Waals surface area contributed by atoms with Crippen molar-refractivity contribution >= 4 is 38.9 Å². The van der Waals surface area contributed by atoms with E-state index in [0.717, 1.165) is 18.4 Å². The summed E-state index contributed by atoms with van der Waals surface area (Å²) in [4.78, 5) is 12.3. The Labute approximate surface area is 146 Å². The molecule has 0 bridgehead atoms. The lowest BCUT2D eigenvalue weighted by Gasteiger charge is -2.29. The van der Waals surface area contributed by atoms with Gasteiger partial charge in [-0.1, -0.05) is 17.7 Å². The van der Waals surface area contributed by atoms with Crippen LogP contribution in [-0.4, -0.2) is 27.1 Å². The monoisotopic (exact) mass is 364 g/mol. The van der Waals surface area contributed by atoms with E-state index in [0.29, 0.717) is 28.5 Å². The third-order valence-electron chi connectivity index (χ3n) is 3.90. The summed E-state index contributed by atoms with van der Waals surface area (Å²) in [5.74, 6) is -0.256. The fourth-order valence-corrected chi connectivity index (χ4v) is 4.00. The molecule has 1 aliphatic heterocycles. The molecule has 1 N–H and O–H groups in total. The molecule has 0 saturated heterocycles. The number of amides is 1. The molecule has 1 heterocycles. The van der Waals surface area contributed by atoms with Crippen molar-refractivity contribution < 1.29 is 13.2 Å². The lowest BCUT2D eigenvalue weighted by molar-refractivity contribution is 0.102. The third-order valence-corrected chi connectivity index (χ3v) is 5.32. The van der Waals surface area contributed by atoms with E-state index in [1.165, 1.54) is 10.6 Å². The molecular formula is C17H17ClN2O3S. The van der Waals surface area contributed by atoms with Crippen molar-refractivity contribution in [1.82, 2.24) is 0 Å². The first-order chi connectivity index (χ1) is 11.3. The second-order valence-electron chi connectivity index (χ2n) is 5.75. The van der Waals surface area contributed by atoms with Gasteiger partial charge in [0.25, 0.3) is 5.91 Å². The minimum atomic E-state index is -3.29. The molecule has 0 atom stereocenters. The van der Waals surface area contributed by atoms with Crippen LogP contribution in [0.3, 0.4) is 0 Å². The molecule has 0 saturated carbocycles. The van der Waals surface area contributed by atoms with Crippen LogP contribution in [0.15, 0.2) is 42.5 Å². The summed E-state index contributed by atoms with van der Waals surface area (Å²) in [7, 11) is -3.29. The Morgan fingerprint density at radius 2 is 2.00 bits per heavy atom. The highest BCUT2D eigenvalue weighted by Gasteiger charge is 2.24. The van der Waals surface area contributed by atoms with Gasteiger partial charge in [-0.25, -0.2) is 8.42 Å². The van der Waals surface area contributed by atoms with Gasteiger partial charge in [-0.15, -0.1) is 0 Å². The van der Waals surface area contributed by atoms with Gasteiger partial charge in [-0.2, -0.15) is 0 Å². The van der Waals surface area contributed by atoms with Crippen LogP contribution in [0.4, 0.5) is 11.4 Å². The first-order valence-corrected chi connectivity index (χ1v) is 9.75. The zero-order chi connectivity index (χ0) is 17.3. The van der Waals surface area contributed by atoms with Gasteiger partial charge in [-0.3, -0.25) is 9.10 Å². The largest absolute Gasteiger partial charge is 0.322 e. The molecule has 0 spiro atoms. The molecule has 0 aromatic heterocycles. The molecule has 1 aliphatic rings. The van der Waals surface area contributed by atoms with Crippen molar-refractivity contribution in [2.45, 2.75) is 12.8 Å². The number of anilines is 2. The van der Waals surface area contributed by atoms with E-state index in [1.54, 1.807) is 36.4 Å². The Bertz CT molecular complexity index is 896. The number of hydrogen-bond acceptors (Lipinski definition) is 3. The fraction of sp³-hybridized carbons (Fsp3) is 0.235. The van der Waals surface area contributed by atoms with Gasteiger partial charge in [0.1, 0.15) is 0 Å². The standard InChI is InChI=1S/C17H17ClN2O3S/c1-24(22,23)20-9-3-5-12-11-15(7-8-16(12)20)19-17(21)13-4-2-6-14(18)10-13/h2,4,6-8,10-11H,3,5,9H2,1H3,(H,19,21). The SMILES string of the molecule is CS(=O)(=O)N1CCCc2cc(NC(=O)c3cccc(Cl)c3)ccc21. The van der Waals surface area contributed by atoms with Gasteiger partial charge < -0.3 is 5.32 Å². The van der Waals surface area contributed by atoms with E-state index in [1.807, 2.05) is 6.07 Å². The van der Waals surface area contributed by atoms with Crippen LogP contribution >= 0.6 is 11.6 Å². The molecule has 2 aromatic carbocycles. The Morgan fingerprint density at radius 1 is 1.21 bits per heavy atom. The smallest absolute Gasteiger partial charge is 0.255 e. The lowest BCUT2D eigenvalue weighted by Crippen LogP contribution is -2.34. The number of halogens is 1. The van der Waals surface area contributed by atoms with Crippen LogP contribution in [-0.2, 0) is 16.4 Å². The van der Waals surface area contributed by atoms with Crippen LogP contribution in [0.5, 0.6) is 0 Å². The third kappa shape index (κ3) is 3.55. The van der Waals surface area contributed by atoms with Gasteiger partial charge in [0.15, 0.2) is 0 Å². The molecule has 0 aliphatic carbocycles. The molecule has 24 heavy (non-hydrogen) atoms. The number of aryl methyl sites for hydroxylation is 1. The van der Waals surface area contributed by atoms with Gasteiger partial charge in [0, 0.05) is 22.8 Å². The van der Waals surface area contributed by atoms with Gasteiger partial charge >= 0.3 is 0 Å². The quantitative estimate of drug-likeness (QED) is 0.908. The first kappa shape index (κ1) is 16.8. The molecule has 1 amide bonds. The molecule has 3 rings (SSSR count). The van der Waals surface area contributed by atoms with Crippen molar-refractivity contribution in [3.05, 3.63) is 58.6 Å². The zero-order valence-electron chi connectivity index (χ0n) is 13.1. The van der Waals surface area contributed by atoms with E-state index < -0.39 is 10.0 Å². The fourth-order valence-electron chi connectivity index (χ4n) is 2.82. The van der Waals surface area contributed by atoms with E-state index in [-0.39, 0.29) is 5.91 Å². The number of fused-ring (bicyclic) bond motifs is 1. The second-order valence-corrected chi connectivity index (χ2v) is 8.09. The van der Waals surface area contributed by atoms with E-state index in [9.17, 15) is 13.2 Å². The molecule has 0 fully saturated rings. The van der Waals surface area contributed by atoms with Gasteiger partial charge in [-0.05, 0) is 54.8 Å². The van der Waals surface area contributed by atoms with Gasteiger partial charge in [0.05, 0.1) is 11.9 Å². The lowest BCUT2D eigenvalue weighted by atomic mass is 10.0. The predicted molar refractivity (Wildman–Crippen MR) is 96.4 cm³/mol. The molecule has 0 radical (unpaired) electrons. The number of hydrogen-bond donors (Lipinski definition) is 1. The average Bonchev–Trinajstić information content (AvgIpc) is 2.53. The maximum absolute atomic E-state index is 12.3. The number of rotatable bonds is 3. The summed E-state index contributed by atoms with van der Waals surface area (Å²) in [6, 6.07) is 12.0. The average molecular weight is 365 g/mol. The van der Waals surface area contributed by atoms with Crippen LogP contribution in [0.1, 0.15) is 22.3 Å². The Hall–Kier alpha value is -2.05. The Morgan fingerprint density at radius 3 is 2.71 bits per heavy atom. The molecule has 0 unspecified atom stereocenters. The predicted octanol–water partition coefficient (Wildman–Crippen LogP) is 3.30. The van der Waals surface area contributed by atoms with E-state index in [2.05, 4.69) is 5.32 Å². The van der Waals surface area contributed by atoms with E-state index >= 15 is 0 Å². The minimum Gasteiger partial charge on any atom is -0.322 e.